The number of hydrogen-bond donors (Lipinski definition) is 1. The molecule has 1 fully saturated rings. The van der Waals surface area contributed by atoms with Crippen LogP contribution in [0.15, 0.2) is 0 Å². The normalized spacial score (nSPS) is 29.3. The van der Waals surface area contributed by atoms with Gasteiger partial charge in [0.2, 0.25) is 6.04 Å². The summed E-state index contributed by atoms with van der Waals surface area (Å²) in [6, 6.07) is -0.615. The number of nitro groups is 1. The number of ether oxygens (including phenoxy) is 1. The maximum Gasteiger partial charge on any atom is 0.311 e. The van der Waals surface area contributed by atoms with Gasteiger partial charge >= 0.3 is 5.97 Å². The van der Waals surface area contributed by atoms with E-state index in [2.05, 4.69) is 0 Å². The van der Waals surface area contributed by atoms with E-state index in [0.29, 0.717) is 19.3 Å². The quantitative estimate of drug-likeness (QED) is 0.480. The Kier molecular flexibility index (Phi) is 9.04. The maximum absolute atomic E-state index is 11.8. The van der Waals surface area contributed by atoms with Crippen molar-refractivity contribution in [1.29, 1.82) is 0 Å². The molecule has 0 aromatic rings. The molecule has 0 heterocycles. The highest BCUT2D eigenvalue weighted by Gasteiger charge is 2.29. The number of carbonyl (C=O) groups excluding carboxylic acids is 1. The lowest BCUT2D eigenvalue weighted by molar-refractivity contribution is -0.524. The molecule has 22 heavy (non-hydrogen) atoms. The highest BCUT2D eigenvalue weighted by molar-refractivity contribution is 5.72. The lowest BCUT2D eigenvalue weighted by atomic mass is 9.90. The van der Waals surface area contributed by atoms with E-state index in [4.69, 9.17) is 4.74 Å². The molecule has 1 aliphatic carbocycles. The molecule has 1 aliphatic rings. The fraction of sp³-hybridized carbons (Fsp3) is 0.938. The molecule has 0 spiro atoms. The van der Waals surface area contributed by atoms with Crippen molar-refractivity contribution in [2.24, 2.45) is 5.92 Å². The van der Waals surface area contributed by atoms with Gasteiger partial charge in [-0.05, 0) is 19.3 Å². The van der Waals surface area contributed by atoms with E-state index in [1.54, 1.807) is 0 Å². The van der Waals surface area contributed by atoms with Gasteiger partial charge in [0.05, 0.1) is 19.1 Å². The summed E-state index contributed by atoms with van der Waals surface area (Å²) in [4.78, 5) is 22.7. The molecule has 128 valence electrons. The number of hydrogen-bond acceptors (Lipinski definition) is 5. The lowest BCUT2D eigenvalue weighted by Gasteiger charge is -2.21. The van der Waals surface area contributed by atoms with Crippen LogP contribution in [0.25, 0.3) is 0 Å². The molecular formula is C16H29NO5. The fourth-order valence-corrected chi connectivity index (χ4v) is 3.17. The van der Waals surface area contributed by atoms with Crippen LogP contribution in [0.5, 0.6) is 0 Å². The number of methoxy groups -OCH3 is 1. The zero-order valence-corrected chi connectivity index (χ0v) is 13.5. The molecule has 3 atom stereocenters. The molecule has 0 saturated heterocycles. The zero-order chi connectivity index (χ0) is 16.4. The van der Waals surface area contributed by atoms with Gasteiger partial charge in [-0.3, -0.25) is 14.9 Å². The first-order chi connectivity index (χ1) is 10.6. The van der Waals surface area contributed by atoms with Crippen molar-refractivity contribution in [3.8, 4) is 0 Å². The Morgan fingerprint density at radius 1 is 1.00 bits per heavy atom. The van der Waals surface area contributed by atoms with Crippen LogP contribution in [-0.4, -0.2) is 35.3 Å². The van der Waals surface area contributed by atoms with Gasteiger partial charge in [0, 0.05) is 17.8 Å². The molecule has 0 amide bonds. The van der Waals surface area contributed by atoms with E-state index < -0.39 is 24.0 Å². The highest BCUT2D eigenvalue weighted by Crippen LogP contribution is 2.23. The summed E-state index contributed by atoms with van der Waals surface area (Å²) in [5.74, 6) is -0.961. The second-order valence-corrected chi connectivity index (χ2v) is 6.27. The average molecular weight is 315 g/mol. The van der Waals surface area contributed by atoms with Crippen molar-refractivity contribution < 1.29 is 19.6 Å². The largest absolute Gasteiger partial charge is 0.469 e. The van der Waals surface area contributed by atoms with Gasteiger partial charge in [-0.25, -0.2) is 0 Å². The molecule has 0 aliphatic heterocycles. The standard InChI is InChI=1S/C16H29NO5/c1-22-16(19)14-10-8-6-4-2-3-5-7-9-13(17(20)21)11-12-15(14)18/h13-15,18H,2-12H2,1H3. The monoisotopic (exact) mass is 315 g/mol. The van der Waals surface area contributed by atoms with E-state index in [1.165, 1.54) is 7.11 Å². The molecule has 1 rings (SSSR count). The molecule has 3 unspecified atom stereocenters. The number of esters is 1. The zero-order valence-electron chi connectivity index (χ0n) is 13.5. The van der Waals surface area contributed by atoms with Crippen molar-refractivity contribution in [3.05, 3.63) is 10.1 Å². The van der Waals surface area contributed by atoms with Gasteiger partial charge in [-0.1, -0.05) is 38.5 Å². The first-order valence-electron chi connectivity index (χ1n) is 8.45. The highest BCUT2D eigenvalue weighted by atomic mass is 16.6. The minimum absolute atomic E-state index is 0.244. The van der Waals surface area contributed by atoms with Crippen molar-refractivity contribution in [2.45, 2.75) is 82.8 Å². The third-order valence-corrected chi connectivity index (χ3v) is 4.61. The van der Waals surface area contributed by atoms with Crippen LogP contribution in [0.1, 0.15) is 70.6 Å². The topological polar surface area (TPSA) is 89.7 Å². The van der Waals surface area contributed by atoms with Gasteiger partial charge < -0.3 is 9.84 Å². The van der Waals surface area contributed by atoms with Crippen LogP contribution in [0.4, 0.5) is 0 Å². The summed E-state index contributed by atoms with van der Waals surface area (Å²) in [6.45, 7) is 0. The van der Waals surface area contributed by atoms with E-state index in [9.17, 15) is 20.0 Å². The first kappa shape index (κ1) is 18.9. The molecule has 6 heteroatoms. The Hall–Kier alpha value is -1.17. The second-order valence-electron chi connectivity index (χ2n) is 6.27. The minimum Gasteiger partial charge on any atom is -0.469 e. The van der Waals surface area contributed by atoms with Gasteiger partial charge in [0.1, 0.15) is 0 Å². The number of aliphatic hydroxyl groups is 1. The molecule has 6 nitrogen and oxygen atoms in total. The third-order valence-electron chi connectivity index (χ3n) is 4.61. The molecule has 0 radical (unpaired) electrons. The first-order valence-corrected chi connectivity index (χ1v) is 8.45. The lowest BCUT2D eigenvalue weighted by Crippen LogP contribution is -2.31. The van der Waals surface area contributed by atoms with Crippen molar-refractivity contribution in [1.82, 2.24) is 0 Å². The van der Waals surface area contributed by atoms with Crippen LogP contribution in [0.2, 0.25) is 0 Å². The van der Waals surface area contributed by atoms with E-state index in [-0.39, 0.29) is 11.3 Å². The van der Waals surface area contributed by atoms with Crippen LogP contribution in [0.3, 0.4) is 0 Å². The summed E-state index contributed by atoms with van der Waals surface area (Å²) < 4.78 is 4.77. The van der Waals surface area contributed by atoms with E-state index >= 15 is 0 Å². The van der Waals surface area contributed by atoms with Crippen molar-refractivity contribution >= 4 is 5.97 Å². The SMILES string of the molecule is COC(=O)C1CCCCCCCCCC([N+](=O)[O-])CCC1O. The molecule has 0 aromatic heterocycles. The smallest absolute Gasteiger partial charge is 0.311 e. The summed E-state index contributed by atoms with van der Waals surface area (Å²) in [6.07, 6.45) is 8.11. The summed E-state index contributed by atoms with van der Waals surface area (Å²) in [5.41, 5.74) is 0. The Bertz CT molecular complexity index is 347. The average Bonchev–Trinajstić information content (AvgIpc) is 2.50. The minimum atomic E-state index is -0.849. The predicted molar refractivity (Wildman–Crippen MR) is 83.1 cm³/mol. The molecule has 0 aromatic carbocycles. The third kappa shape index (κ3) is 6.73. The van der Waals surface area contributed by atoms with Gasteiger partial charge in [-0.2, -0.15) is 0 Å². The Balaban J connectivity index is 2.66. The van der Waals surface area contributed by atoms with Crippen molar-refractivity contribution in [3.63, 3.8) is 0 Å². The number of nitrogens with zero attached hydrogens (tertiary/aromatic N) is 1. The summed E-state index contributed by atoms with van der Waals surface area (Å²) in [5, 5.41) is 21.4. The number of rotatable bonds is 2. The van der Waals surface area contributed by atoms with Crippen LogP contribution < -0.4 is 0 Å². The molecule has 1 N–H and O–H groups in total. The van der Waals surface area contributed by atoms with E-state index in [1.807, 2.05) is 0 Å². The Labute approximate surface area is 132 Å². The number of aliphatic hydroxyl groups excluding tert-OH is 1. The molecule has 0 bridgehead atoms. The van der Waals surface area contributed by atoms with Crippen molar-refractivity contribution in [2.75, 3.05) is 7.11 Å². The van der Waals surface area contributed by atoms with Gasteiger partial charge in [0.25, 0.3) is 0 Å². The van der Waals surface area contributed by atoms with Crippen LogP contribution in [0, 0.1) is 16.0 Å². The number of carbonyl (C=O) groups is 1. The van der Waals surface area contributed by atoms with Crippen LogP contribution >= 0.6 is 0 Å². The molecule has 1 saturated carbocycles. The van der Waals surface area contributed by atoms with Gasteiger partial charge in [-0.15, -0.1) is 0 Å². The Morgan fingerprint density at radius 3 is 2.09 bits per heavy atom. The summed E-state index contributed by atoms with van der Waals surface area (Å²) in [7, 11) is 1.32. The van der Waals surface area contributed by atoms with Crippen LogP contribution in [-0.2, 0) is 9.53 Å². The van der Waals surface area contributed by atoms with Gasteiger partial charge in [0.15, 0.2) is 0 Å². The predicted octanol–water partition coefficient (Wildman–Crippen LogP) is 3.09. The second kappa shape index (κ2) is 10.5. The summed E-state index contributed by atoms with van der Waals surface area (Å²) >= 11 is 0. The molecular weight excluding hydrogens is 286 g/mol. The van der Waals surface area contributed by atoms with E-state index in [0.717, 1.165) is 44.9 Å². The Morgan fingerprint density at radius 2 is 1.55 bits per heavy atom. The maximum atomic E-state index is 11.8. The fourth-order valence-electron chi connectivity index (χ4n) is 3.17.